The molecule has 0 fully saturated rings. The minimum atomic E-state index is 0.898. The molecule has 0 saturated carbocycles. The van der Waals surface area contributed by atoms with Gasteiger partial charge < -0.3 is 0 Å². The molecule has 2 aliphatic heterocycles. The Balaban J connectivity index is 1.42. The summed E-state index contributed by atoms with van der Waals surface area (Å²) in [6.45, 7) is 0. The molecule has 36 heavy (non-hydrogen) atoms. The number of hydrogen-bond donors (Lipinski definition) is 0. The summed E-state index contributed by atoms with van der Waals surface area (Å²) in [5, 5.41) is 5.25. The molecule has 2 nitrogen and oxygen atoms in total. The Kier molecular flexibility index (Phi) is 4.09. The highest BCUT2D eigenvalue weighted by Gasteiger charge is 2.38. The number of benzene rings is 4. The molecule has 4 heterocycles. The molecule has 2 aliphatic rings. The Labute approximate surface area is 210 Å². The highest BCUT2D eigenvalue weighted by Crippen LogP contribution is 2.38. The summed E-state index contributed by atoms with van der Waals surface area (Å²) in [4.78, 5) is 0. The molecule has 4 aromatic carbocycles. The van der Waals surface area contributed by atoms with Crippen molar-refractivity contribution in [2.75, 3.05) is 0 Å². The molecule has 0 spiro atoms. The van der Waals surface area contributed by atoms with Crippen molar-refractivity contribution in [1.29, 1.82) is 0 Å². The maximum absolute atomic E-state index is 2.44. The van der Waals surface area contributed by atoms with E-state index in [1.54, 1.807) is 0 Å². The Bertz CT molecular complexity index is 1890. The summed E-state index contributed by atoms with van der Waals surface area (Å²) < 4.78 is 4.82. The molecular formula is C34H24N2+2. The predicted molar refractivity (Wildman–Crippen MR) is 146 cm³/mol. The summed E-state index contributed by atoms with van der Waals surface area (Å²) in [5.74, 6) is 0. The van der Waals surface area contributed by atoms with Crippen molar-refractivity contribution in [2.24, 2.45) is 0 Å². The van der Waals surface area contributed by atoms with Gasteiger partial charge in [-0.05, 0) is 63.0 Å². The summed E-state index contributed by atoms with van der Waals surface area (Å²) in [6.07, 6.45) is 6.27. The largest absolute Gasteiger partial charge is 0.259 e. The lowest BCUT2D eigenvalue weighted by atomic mass is 9.88. The van der Waals surface area contributed by atoms with Crippen LogP contribution in [0.4, 0.5) is 0 Å². The molecule has 6 aromatic rings. The highest BCUT2D eigenvalue weighted by atomic mass is 15.1. The average Bonchev–Trinajstić information content (AvgIpc) is 2.95. The Morgan fingerprint density at radius 2 is 1.08 bits per heavy atom. The van der Waals surface area contributed by atoms with Crippen LogP contribution in [0.3, 0.4) is 0 Å². The molecule has 168 valence electrons. The second kappa shape index (κ2) is 7.47. The number of allylic oxidation sites excluding steroid dienone is 2. The van der Waals surface area contributed by atoms with E-state index in [4.69, 9.17) is 0 Å². The maximum Gasteiger partial charge on any atom is 0.259 e. The number of aromatic nitrogens is 2. The van der Waals surface area contributed by atoms with Gasteiger partial charge in [0, 0.05) is 24.3 Å². The van der Waals surface area contributed by atoms with Crippen molar-refractivity contribution in [3.05, 3.63) is 133 Å². The SMILES string of the molecule is c1ccc2c(c1)C/C(=C1/Cc3cc4c(ccc5ccccc54)cc3-c3cccc[n+]31)[n+]1ccccc1-2. The molecule has 0 amide bonds. The Hall–Kier alpha value is -4.56. The van der Waals surface area contributed by atoms with Crippen LogP contribution in [0.15, 0.2) is 122 Å². The fourth-order valence-electron chi connectivity index (χ4n) is 6.22. The maximum atomic E-state index is 2.44. The standard InChI is InChI=1S/C34H24N2/c1-3-11-27-23(9-1)15-16-25-19-30-26(20-29(25)27)22-34(36-18-8-6-14-32(30)36)33-21-24-10-2-4-12-28(24)31-13-5-7-17-35(31)33/h1-20H,21-22H2/q+2/b34-33+. The van der Waals surface area contributed by atoms with Crippen molar-refractivity contribution in [1.82, 2.24) is 0 Å². The van der Waals surface area contributed by atoms with Gasteiger partial charge in [0.2, 0.25) is 11.4 Å². The van der Waals surface area contributed by atoms with Crippen LogP contribution in [0.2, 0.25) is 0 Å². The van der Waals surface area contributed by atoms with Gasteiger partial charge in [-0.1, -0.05) is 54.6 Å². The molecule has 2 aromatic heterocycles. The lowest BCUT2D eigenvalue weighted by molar-refractivity contribution is -0.602. The van der Waals surface area contributed by atoms with E-state index in [0.29, 0.717) is 0 Å². The van der Waals surface area contributed by atoms with E-state index < -0.39 is 0 Å². The molecule has 0 unspecified atom stereocenters. The van der Waals surface area contributed by atoms with Crippen LogP contribution < -0.4 is 9.13 Å². The van der Waals surface area contributed by atoms with Crippen molar-refractivity contribution in [3.63, 3.8) is 0 Å². The van der Waals surface area contributed by atoms with E-state index >= 15 is 0 Å². The van der Waals surface area contributed by atoms with Crippen LogP contribution in [0.1, 0.15) is 11.1 Å². The van der Waals surface area contributed by atoms with Gasteiger partial charge in [-0.2, -0.15) is 9.13 Å². The van der Waals surface area contributed by atoms with E-state index in [1.807, 2.05) is 0 Å². The molecule has 0 radical (unpaired) electrons. The third-order valence-electron chi connectivity index (χ3n) is 7.89. The number of nitrogens with zero attached hydrogens (tertiary/aromatic N) is 2. The molecule has 0 N–H and O–H groups in total. The van der Waals surface area contributed by atoms with Crippen LogP contribution in [0.25, 0.3) is 55.5 Å². The number of fused-ring (bicyclic) bond motifs is 9. The zero-order valence-corrected chi connectivity index (χ0v) is 19.9. The van der Waals surface area contributed by atoms with Gasteiger partial charge in [-0.25, -0.2) is 0 Å². The van der Waals surface area contributed by atoms with Crippen molar-refractivity contribution in [3.8, 4) is 22.5 Å². The summed E-state index contributed by atoms with van der Waals surface area (Å²) in [6, 6.07) is 40.0. The van der Waals surface area contributed by atoms with Crippen molar-refractivity contribution in [2.45, 2.75) is 12.8 Å². The second-order valence-electron chi connectivity index (χ2n) is 9.83. The lowest BCUT2D eigenvalue weighted by Gasteiger charge is -2.21. The van der Waals surface area contributed by atoms with Gasteiger partial charge in [-0.3, -0.25) is 0 Å². The Morgan fingerprint density at radius 3 is 1.92 bits per heavy atom. The molecule has 0 bridgehead atoms. The normalized spacial score (nSPS) is 15.8. The minimum absolute atomic E-state index is 0.898. The first-order chi connectivity index (χ1) is 17.8. The number of hydrogen-bond acceptors (Lipinski definition) is 0. The van der Waals surface area contributed by atoms with Crippen LogP contribution in [-0.4, -0.2) is 0 Å². The molecular weight excluding hydrogens is 436 g/mol. The first-order valence-corrected chi connectivity index (χ1v) is 12.6. The summed E-state index contributed by atoms with van der Waals surface area (Å²) in [5.41, 5.74) is 10.7. The third kappa shape index (κ3) is 2.79. The third-order valence-corrected chi connectivity index (χ3v) is 7.89. The van der Waals surface area contributed by atoms with Gasteiger partial charge in [0.25, 0.3) is 11.4 Å². The van der Waals surface area contributed by atoms with E-state index in [1.165, 1.54) is 66.6 Å². The van der Waals surface area contributed by atoms with E-state index in [0.717, 1.165) is 12.8 Å². The monoisotopic (exact) mass is 460 g/mol. The fraction of sp³-hybridized carbons (Fsp3) is 0.0588. The summed E-state index contributed by atoms with van der Waals surface area (Å²) in [7, 11) is 0. The molecule has 8 rings (SSSR count). The van der Waals surface area contributed by atoms with Crippen molar-refractivity contribution < 1.29 is 9.13 Å². The zero-order valence-electron chi connectivity index (χ0n) is 19.9. The summed E-state index contributed by atoms with van der Waals surface area (Å²) >= 11 is 0. The van der Waals surface area contributed by atoms with Gasteiger partial charge in [0.15, 0.2) is 12.4 Å². The van der Waals surface area contributed by atoms with Crippen molar-refractivity contribution >= 4 is 32.9 Å². The first kappa shape index (κ1) is 19.7. The quantitative estimate of drug-likeness (QED) is 0.173. The van der Waals surface area contributed by atoms with Crippen LogP contribution in [0.5, 0.6) is 0 Å². The zero-order chi connectivity index (χ0) is 23.6. The van der Waals surface area contributed by atoms with Crippen LogP contribution >= 0.6 is 0 Å². The van der Waals surface area contributed by atoms with Gasteiger partial charge >= 0.3 is 0 Å². The molecule has 0 aliphatic carbocycles. The number of pyridine rings is 2. The highest BCUT2D eigenvalue weighted by molar-refractivity contribution is 6.09. The van der Waals surface area contributed by atoms with Gasteiger partial charge in [0.1, 0.15) is 0 Å². The Morgan fingerprint density at radius 1 is 0.444 bits per heavy atom. The smallest absolute Gasteiger partial charge is 0.158 e. The molecule has 0 saturated heterocycles. The lowest BCUT2D eigenvalue weighted by Crippen LogP contribution is -2.47. The van der Waals surface area contributed by atoms with E-state index in [2.05, 4.69) is 131 Å². The molecule has 2 heteroatoms. The van der Waals surface area contributed by atoms with E-state index in [-0.39, 0.29) is 0 Å². The first-order valence-electron chi connectivity index (χ1n) is 12.6. The average molecular weight is 461 g/mol. The van der Waals surface area contributed by atoms with Gasteiger partial charge in [-0.15, -0.1) is 0 Å². The topological polar surface area (TPSA) is 7.76 Å². The van der Waals surface area contributed by atoms with Gasteiger partial charge in [0.05, 0.1) is 24.0 Å². The fourth-order valence-corrected chi connectivity index (χ4v) is 6.22. The molecule has 0 atom stereocenters. The van der Waals surface area contributed by atoms with Crippen LogP contribution in [-0.2, 0) is 12.8 Å². The van der Waals surface area contributed by atoms with E-state index in [9.17, 15) is 0 Å². The second-order valence-corrected chi connectivity index (χ2v) is 9.83. The predicted octanol–water partition coefficient (Wildman–Crippen LogP) is 6.84. The number of rotatable bonds is 0. The van der Waals surface area contributed by atoms with Crippen LogP contribution in [0, 0.1) is 0 Å². The minimum Gasteiger partial charge on any atom is -0.158 e.